The summed E-state index contributed by atoms with van der Waals surface area (Å²) in [5, 5.41) is 9.41. The molecule has 7 nitrogen and oxygen atoms in total. The van der Waals surface area contributed by atoms with E-state index in [0.29, 0.717) is 10.0 Å². The van der Waals surface area contributed by atoms with E-state index in [4.69, 9.17) is 28.2 Å². The van der Waals surface area contributed by atoms with E-state index < -0.39 is 11.8 Å². The average Bonchev–Trinajstić information content (AvgIpc) is 2.57. The van der Waals surface area contributed by atoms with Gasteiger partial charge in [-0.05, 0) is 0 Å². The van der Waals surface area contributed by atoms with Crippen molar-refractivity contribution in [2.45, 2.75) is 6.61 Å². The molecule has 0 fully saturated rings. The Labute approximate surface area is 106 Å². The number of nitrogens with zero attached hydrogens (tertiary/aromatic N) is 2. The molecule has 0 atom stereocenters. The molecule has 5 N–H and O–H groups in total. The van der Waals surface area contributed by atoms with Crippen LogP contribution in [0.3, 0.4) is 0 Å². The molecule has 2 amide bonds. The number of hydrogen-bond acceptors (Lipinski definition) is 6. The SMILES string of the molecule is NC(=O)CN(CC(N)=O)c1nc(Cl)c(CO)s1. The molecule has 1 aromatic rings. The Hall–Kier alpha value is -1.38. The summed E-state index contributed by atoms with van der Waals surface area (Å²) < 4.78 is 0. The summed E-state index contributed by atoms with van der Waals surface area (Å²) in [4.78, 5) is 27.4. The molecule has 0 saturated heterocycles. The summed E-state index contributed by atoms with van der Waals surface area (Å²) in [6, 6.07) is 0. The Bertz CT molecular complexity index is 420. The van der Waals surface area contributed by atoms with Crippen molar-refractivity contribution < 1.29 is 14.7 Å². The van der Waals surface area contributed by atoms with Gasteiger partial charge < -0.3 is 21.5 Å². The largest absolute Gasteiger partial charge is 0.391 e. The molecule has 1 aromatic heterocycles. The van der Waals surface area contributed by atoms with Gasteiger partial charge in [-0.15, -0.1) is 0 Å². The summed E-state index contributed by atoms with van der Waals surface area (Å²) in [6.07, 6.45) is 0. The molecule has 9 heteroatoms. The van der Waals surface area contributed by atoms with Gasteiger partial charge >= 0.3 is 0 Å². The summed E-state index contributed by atoms with van der Waals surface area (Å²) in [5.41, 5.74) is 10.1. The molecule has 1 heterocycles. The average molecular weight is 279 g/mol. The minimum atomic E-state index is -0.622. The fourth-order valence-corrected chi connectivity index (χ4v) is 2.24. The Kier molecular flexibility index (Phi) is 4.67. The van der Waals surface area contributed by atoms with Crippen LogP contribution in [0.1, 0.15) is 4.88 Å². The number of thiazole rings is 1. The number of aliphatic hydroxyl groups excluding tert-OH is 1. The van der Waals surface area contributed by atoms with Crippen molar-refractivity contribution >= 4 is 39.9 Å². The van der Waals surface area contributed by atoms with Gasteiger partial charge in [-0.3, -0.25) is 9.59 Å². The lowest BCUT2D eigenvalue weighted by molar-refractivity contribution is -0.117. The van der Waals surface area contributed by atoms with E-state index in [1.165, 1.54) is 4.90 Å². The number of amides is 2. The quantitative estimate of drug-likeness (QED) is 0.620. The van der Waals surface area contributed by atoms with Crippen LogP contribution in [0.15, 0.2) is 0 Å². The number of carbonyl (C=O) groups excluding carboxylic acids is 2. The maximum absolute atomic E-state index is 10.8. The zero-order chi connectivity index (χ0) is 13.0. The lowest BCUT2D eigenvalue weighted by atomic mass is 10.5. The Morgan fingerprint density at radius 2 is 1.88 bits per heavy atom. The van der Waals surface area contributed by atoms with Crippen molar-refractivity contribution in [2.75, 3.05) is 18.0 Å². The normalized spacial score (nSPS) is 10.2. The third-order valence-electron chi connectivity index (χ3n) is 1.75. The van der Waals surface area contributed by atoms with Crippen molar-refractivity contribution in [3.63, 3.8) is 0 Å². The molecule has 0 spiro atoms. The van der Waals surface area contributed by atoms with Crippen LogP contribution in [0.4, 0.5) is 5.13 Å². The number of primary amides is 2. The third kappa shape index (κ3) is 3.84. The summed E-state index contributed by atoms with van der Waals surface area (Å²) >= 11 is 6.81. The van der Waals surface area contributed by atoms with Gasteiger partial charge in [-0.1, -0.05) is 22.9 Å². The van der Waals surface area contributed by atoms with Crippen molar-refractivity contribution in [3.05, 3.63) is 10.0 Å². The fraction of sp³-hybridized carbons (Fsp3) is 0.375. The molecular weight excluding hydrogens is 268 g/mol. The van der Waals surface area contributed by atoms with Gasteiger partial charge in [0.1, 0.15) is 5.15 Å². The molecule has 0 bridgehead atoms. The monoisotopic (exact) mass is 278 g/mol. The molecule has 0 aliphatic carbocycles. The second kappa shape index (κ2) is 5.80. The highest BCUT2D eigenvalue weighted by atomic mass is 35.5. The lowest BCUT2D eigenvalue weighted by Gasteiger charge is -2.17. The second-order valence-electron chi connectivity index (χ2n) is 3.16. The van der Waals surface area contributed by atoms with Gasteiger partial charge in [0.25, 0.3) is 0 Å². The fourth-order valence-electron chi connectivity index (χ4n) is 1.12. The third-order valence-corrected chi connectivity index (χ3v) is 3.27. The number of carbonyl (C=O) groups is 2. The first kappa shape index (κ1) is 13.7. The Balaban J connectivity index is 2.94. The molecule has 1 rings (SSSR count). The number of hydrogen-bond donors (Lipinski definition) is 3. The summed E-state index contributed by atoms with van der Waals surface area (Å²) in [7, 11) is 0. The zero-order valence-corrected chi connectivity index (χ0v) is 10.3. The van der Waals surface area contributed by atoms with E-state index in [1.54, 1.807) is 0 Å². The van der Waals surface area contributed by atoms with Gasteiger partial charge in [-0.2, -0.15) is 0 Å². The molecule has 0 radical (unpaired) electrons. The number of anilines is 1. The van der Waals surface area contributed by atoms with Crippen LogP contribution < -0.4 is 16.4 Å². The van der Waals surface area contributed by atoms with Gasteiger partial charge in [-0.25, -0.2) is 4.98 Å². The van der Waals surface area contributed by atoms with Crippen LogP contribution in [-0.4, -0.2) is 35.0 Å². The standard InChI is InChI=1S/C8H11ClN4O3S/c9-7-4(3-14)17-8(12-7)13(1-5(10)15)2-6(11)16/h14H,1-3H2,(H2,10,15)(H2,11,16). The van der Waals surface area contributed by atoms with Gasteiger partial charge in [0.2, 0.25) is 11.8 Å². The number of aromatic nitrogens is 1. The Morgan fingerprint density at radius 3 is 2.24 bits per heavy atom. The van der Waals surface area contributed by atoms with Crippen LogP contribution >= 0.6 is 22.9 Å². The van der Waals surface area contributed by atoms with E-state index in [2.05, 4.69) is 4.98 Å². The van der Waals surface area contributed by atoms with Crippen molar-refractivity contribution in [1.82, 2.24) is 4.98 Å². The van der Waals surface area contributed by atoms with Crippen LogP contribution in [-0.2, 0) is 16.2 Å². The summed E-state index contributed by atoms with van der Waals surface area (Å²) in [6.45, 7) is -0.660. The van der Waals surface area contributed by atoms with E-state index in [1.807, 2.05) is 0 Å². The lowest BCUT2D eigenvalue weighted by Crippen LogP contribution is -2.39. The summed E-state index contributed by atoms with van der Waals surface area (Å²) in [5.74, 6) is -1.24. The number of halogens is 1. The van der Waals surface area contributed by atoms with E-state index in [9.17, 15) is 9.59 Å². The van der Waals surface area contributed by atoms with Crippen LogP contribution in [0.5, 0.6) is 0 Å². The van der Waals surface area contributed by atoms with E-state index >= 15 is 0 Å². The van der Waals surface area contributed by atoms with E-state index in [0.717, 1.165) is 11.3 Å². The van der Waals surface area contributed by atoms with Crippen LogP contribution in [0, 0.1) is 0 Å². The molecule has 0 aliphatic rings. The van der Waals surface area contributed by atoms with Crippen LogP contribution in [0.2, 0.25) is 5.15 Å². The first-order valence-electron chi connectivity index (χ1n) is 4.51. The smallest absolute Gasteiger partial charge is 0.237 e. The van der Waals surface area contributed by atoms with Crippen LogP contribution in [0.25, 0.3) is 0 Å². The van der Waals surface area contributed by atoms with Gasteiger partial charge in [0.05, 0.1) is 24.6 Å². The minimum absolute atomic E-state index is 0.131. The Morgan fingerprint density at radius 1 is 1.35 bits per heavy atom. The molecule has 0 unspecified atom stereocenters. The van der Waals surface area contributed by atoms with Crippen molar-refractivity contribution in [2.24, 2.45) is 11.5 Å². The molecule has 0 aromatic carbocycles. The topological polar surface area (TPSA) is 123 Å². The first-order valence-corrected chi connectivity index (χ1v) is 5.71. The van der Waals surface area contributed by atoms with Crippen molar-refractivity contribution in [3.8, 4) is 0 Å². The number of rotatable bonds is 6. The highest BCUT2D eigenvalue weighted by Crippen LogP contribution is 2.29. The maximum atomic E-state index is 10.8. The van der Waals surface area contributed by atoms with E-state index in [-0.39, 0.29) is 24.8 Å². The second-order valence-corrected chi connectivity index (χ2v) is 4.58. The molecular formula is C8H11ClN4O3S. The number of nitrogens with two attached hydrogens (primary N) is 2. The highest BCUT2D eigenvalue weighted by Gasteiger charge is 2.18. The predicted octanol–water partition coefficient (Wildman–Crippen LogP) is -0.934. The van der Waals surface area contributed by atoms with Gasteiger partial charge in [0, 0.05) is 0 Å². The molecule has 0 aliphatic heterocycles. The highest BCUT2D eigenvalue weighted by molar-refractivity contribution is 7.16. The number of aliphatic hydroxyl groups is 1. The molecule has 94 valence electrons. The minimum Gasteiger partial charge on any atom is -0.391 e. The molecule has 17 heavy (non-hydrogen) atoms. The van der Waals surface area contributed by atoms with Crippen molar-refractivity contribution in [1.29, 1.82) is 0 Å². The molecule has 0 saturated carbocycles. The first-order chi connectivity index (χ1) is 7.93. The predicted molar refractivity (Wildman–Crippen MR) is 63.6 cm³/mol. The maximum Gasteiger partial charge on any atom is 0.237 e. The zero-order valence-electron chi connectivity index (χ0n) is 8.72. The van der Waals surface area contributed by atoms with Gasteiger partial charge in [0.15, 0.2) is 5.13 Å².